The van der Waals surface area contributed by atoms with Gasteiger partial charge >= 0.3 is 0 Å². The molecule has 3 N–H and O–H groups in total. The summed E-state index contributed by atoms with van der Waals surface area (Å²) in [6.45, 7) is 3.40. The number of piperidine rings is 1. The van der Waals surface area contributed by atoms with Crippen molar-refractivity contribution in [1.29, 1.82) is 0 Å². The van der Waals surface area contributed by atoms with Crippen LogP contribution in [0.1, 0.15) is 52.0 Å². The number of carbonyl (C=O) groups is 4. The standard InChI is InChI=1S/C20H24N4O4/c21-7-5-12-6-8-23(10-12)11-13-1-2-14-15(9-13)20(28)24(19(14)27)16-3-4-17(25)22-18(16)26/h1-2,9,12,16H,3-8,10-11,21H2,(H,22,25,26). The molecule has 1 aromatic carbocycles. The summed E-state index contributed by atoms with van der Waals surface area (Å²) in [5, 5.41) is 2.21. The highest BCUT2D eigenvalue weighted by atomic mass is 16.2. The minimum atomic E-state index is -0.927. The normalized spacial score (nSPS) is 25.4. The van der Waals surface area contributed by atoms with Crippen molar-refractivity contribution in [3.05, 3.63) is 34.9 Å². The molecule has 3 aliphatic rings. The molecule has 28 heavy (non-hydrogen) atoms. The van der Waals surface area contributed by atoms with Crippen molar-refractivity contribution < 1.29 is 19.2 Å². The van der Waals surface area contributed by atoms with Gasteiger partial charge in [-0.25, -0.2) is 0 Å². The Kier molecular flexibility index (Phi) is 4.99. The summed E-state index contributed by atoms with van der Waals surface area (Å²) in [4.78, 5) is 52.4. The number of imide groups is 2. The van der Waals surface area contributed by atoms with E-state index < -0.39 is 23.8 Å². The first-order valence-corrected chi connectivity index (χ1v) is 9.75. The van der Waals surface area contributed by atoms with Crippen molar-refractivity contribution in [2.24, 2.45) is 11.7 Å². The van der Waals surface area contributed by atoms with Gasteiger partial charge in [-0.1, -0.05) is 6.07 Å². The van der Waals surface area contributed by atoms with E-state index in [1.54, 1.807) is 12.1 Å². The molecule has 2 unspecified atom stereocenters. The van der Waals surface area contributed by atoms with Crippen molar-refractivity contribution in [3.8, 4) is 0 Å². The van der Waals surface area contributed by atoms with Gasteiger partial charge in [0.25, 0.3) is 11.8 Å². The second-order valence-electron chi connectivity index (χ2n) is 7.79. The van der Waals surface area contributed by atoms with Gasteiger partial charge in [-0.05, 0) is 56.0 Å². The Balaban J connectivity index is 1.50. The van der Waals surface area contributed by atoms with E-state index in [9.17, 15) is 19.2 Å². The topological polar surface area (TPSA) is 113 Å². The third kappa shape index (κ3) is 3.33. The van der Waals surface area contributed by atoms with Crippen molar-refractivity contribution in [2.45, 2.75) is 38.3 Å². The average Bonchev–Trinajstić information content (AvgIpc) is 3.19. The van der Waals surface area contributed by atoms with Crippen molar-refractivity contribution in [3.63, 3.8) is 0 Å². The third-order valence-electron chi connectivity index (χ3n) is 5.86. The zero-order valence-corrected chi connectivity index (χ0v) is 15.6. The molecule has 0 bridgehead atoms. The van der Waals surface area contributed by atoms with Gasteiger partial charge in [-0.3, -0.25) is 34.3 Å². The first-order chi connectivity index (χ1) is 13.5. The molecule has 3 heterocycles. The Morgan fingerprint density at radius 1 is 1.07 bits per heavy atom. The van der Waals surface area contributed by atoms with Crippen molar-refractivity contribution >= 4 is 23.6 Å². The monoisotopic (exact) mass is 384 g/mol. The number of amides is 4. The number of nitrogens with one attached hydrogen (secondary N) is 1. The number of benzene rings is 1. The van der Waals surface area contributed by atoms with Crippen LogP contribution in [0, 0.1) is 5.92 Å². The predicted octanol–water partition coefficient (Wildman–Crippen LogP) is 0.259. The van der Waals surface area contributed by atoms with Crippen molar-refractivity contribution in [2.75, 3.05) is 19.6 Å². The number of nitrogens with two attached hydrogens (primary N) is 1. The number of fused-ring (bicyclic) bond motifs is 1. The lowest BCUT2D eigenvalue weighted by atomic mass is 10.0. The van der Waals surface area contributed by atoms with Crippen LogP contribution in [0.5, 0.6) is 0 Å². The Hall–Kier alpha value is -2.58. The SMILES string of the molecule is NCCC1CCN(Cc2ccc3c(c2)C(=O)N(C2CCC(=O)NC2=O)C3=O)C1. The molecule has 8 heteroatoms. The van der Waals surface area contributed by atoms with Crippen LogP contribution >= 0.6 is 0 Å². The molecule has 1 aromatic rings. The summed E-state index contributed by atoms with van der Waals surface area (Å²) in [5.74, 6) is -1.28. The summed E-state index contributed by atoms with van der Waals surface area (Å²) in [6, 6.07) is 4.38. The molecule has 0 aromatic heterocycles. The van der Waals surface area contributed by atoms with Crippen LogP contribution in [-0.4, -0.2) is 59.1 Å². The molecule has 2 saturated heterocycles. The van der Waals surface area contributed by atoms with Gasteiger partial charge in [0.15, 0.2) is 0 Å². The molecule has 4 amide bonds. The van der Waals surface area contributed by atoms with Gasteiger partial charge in [0.1, 0.15) is 6.04 Å². The number of nitrogens with zero attached hydrogens (tertiary/aromatic N) is 2. The number of hydrogen-bond acceptors (Lipinski definition) is 6. The molecule has 4 rings (SSSR count). The van der Waals surface area contributed by atoms with Gasteiger partial charge in [-0.2, -0.15) is 0 Å². The highest BCUT2D eigenvalue weighted by molar-refractivity contribution is 6.23. The van der Waals surface area contributed by atoms with Crippen LogP contribution in [0.4, 0.5) is 0 Å². The zero-order chi connectivity index (χ0) is 19.8. The minimum Gasteiger partial charge on any atom is -0.330 e. The first kappa shape index (κ1) is 18.8. The van der Waals surface area contributed by atoms with E-state index in [0.717, 1.165) is 36.4 Å². The van der Waals surface area contributed by atoms with Crippen LogP contribution in [-0.2, 0) is 16.1 Å². The third-order valence-corrected chi connectivity index (χ3v) is 5.86. The second kappa shape index (κ2) is 7.44. The molecular formula is C20H24N4O4. The largest absolute Gasteiger partial charge is 0.330 e. The Morgan fingerprint density at radius 3 is 2.61 bits per heavy atom. The lowest BCUT2D eigenvalue weighted by Crippen LogP contribution is -2.54. The van der Waals surface area contributed by atoms with Gasteiger partial charge in [0.05, 0.1) is 11.1 Å². The van der Waals surface area contributed by atoms with Gasteiger partial charge in [-0.15, -0.1) is 0 Å². The molecular weight excluding hydrogens is 360 g/mol. The molecule has 0 radical (unpaired) electrons. The molecule has 3 aliphatic heterocycles. The van der Waals surface area contributed by atoms with E-state index in [2.05, 4.69) is 10.2 Å². The Bertz CT molecular complexity index is 853. The lowest BCUT2D eigenvalue weighted by Gasteiger charge is -2.27. The molecule has 0 spiro atoms. The van der Waals surface area contributed by atoms with Crippen LogP contribution in [0.15, 0.2) is 18.2 Å². The van der Waals surface area contributed by atoms with E-state index in [0.29, 0.717) is 30.1 Å². The van der Waals surface area contributed by atoms with Crippen molar-refractivity contribution in [1.82, 2.24) is 15.1 Å². The van der Waals surface area contributed by atoms with E-state index in [1.807, 2.05) is 6.07 Å². The fourth-order valence-corrected chi connectivity index (χ4v) is 4.40. The fraction of sp³-hybridized carbons (Fsp3) is 0.500. The van der Waals surface area contributed by atoms with Gasteiger partial charge < -0.3 is 5.73 Å². The Labute approximate surface area is 163 Å². The molecule has 8 nitrogen and oxygen atoms in total. The molecule has 2 fully saturated rings. The summed E-state index contributed by atoms with van der Waals surface area (Å²) in [5.41, 5.74) is 7.28. The van der Waals surface area contributed by atoms with E-state index in [4.69, 9.17) is 5.73 Å². The summed E-state index contributed by atoms with van der Waals surface area (Å²) < 4.78 is 0. The van der Waals surface area contributed by atoms with Crippen LogP contribution in [0.3, 0.4) is 0 Å². The molecule has 148 valence electrons. The molecule has 0 aliphatic carbocycles. The maximum Gasteiger partial charge on any atom is 0.262 e. The van der Waals surface area contributed by atoms with E-state index >= 15 is 0 Å². The fourth-order valence-electron chi connectivity index (χ4n) is 4.40. The molecule has 2 atom stereocenters. The van der Waals surface area contributed by atoms with Crippen LogP contribution in [0.25, 0.3) is 0 Å². The highest BCUT2D eigenvalue weighted by Gasteiger charge is 2.44. The predicted molar refractivity (Wildman–Crippen MR) is 100 cm³/mol. The summed E-state index contributed by atoms with van der Waals surface area (Å²) in [6.07, 6.45) is 2.44. The Morgan fingerprint density at radius 2 is 1.86 bits per heavy atom. The highest BCUT2D eigenvalue weighted by Crippen LogP contribution is 2.29. The number of hydrogen-bond donors (Lipinski definition) is 2. The van der Waals surface area contributed by atoms with E-state index in [-0.39, 0.29) is 18.7 Å². The second-order valence-corrected chi connectivity index (χ2v) is 7.79. The van der Waals surface area contributed by atoms with Gasteiger partial charge in [0, 0.05) is 19.5 Å². The van der Waals surface area contributed by atoms with Crippen LogP contribution in [0.2, 0.25) is 0 Å². The van der Waals surface area contributed by atoms with Crippen LogP contribution < -0.4 is 11.1 Å². The minimum absolute atomic E-state index is 0.119. The number of carbonyl (C=O) groups excluding carboxylic acids is 4. The van der Waals surface area contributed by atoms with Gasteiger partial charge in [0.2, 0.25) is 11.8 Å². The smallest absolute Gasteiger partial charge is 0.262 e. The quantitative estimate of drug-likeness (QED) is 0.704. The summed E-state index contributed by atoms with van der Waals surface area (Å²) >= 11 is 0. The molecule has 0 saturated carbocycles. The van der Waals surface area contributed by atoms with E-state index in [1.165, 1.54) is 0 Å². The zero-order valence-electron chi connectivity index (χ0n) is 15.6. The number of rotatable bonds is 5. The first-order valence-electron chi connectivity index (χ1n) is 9.75. The average molecular weight is 384 g/mol. The maximum absolute atomic E-state index is 12.9. The lowest BCUT2D eigenvalue weighted by molar-refractivity contribution is -0.136. The summed E-state index contributed by atoms with van der Waals surface area (Å²) in [7, 11) is 0. The number of likely N-dealkylation sites (tertiary alicyclic amines) is 1. The maximum atomic E-state index is 12.9.